The van der Waals surface area contributed by atoms with Crippen molar-refractivity contribution in [1.29, 1.82) is 0 Å². The molecule has 0 saturated heterocycles. The van der Waals surface area contributed by atoms with Gasteiger partial charge < -0.3 is 9.32 Å². The van der Waals surface area contributed by atoms with Gasteiger partial charge in [-0.3, -0.25) is 0 Å². The number of nitrogens with zero attached hydrogens (tertiary/aromatic N) is 1. The Morgan fingerprint density at radius 2 is 1.87 bits per heavy atom. The zero-order valence-electron chi connectivity index (χ0n) is 13.5. The maximum absolute atomic E-state index is 6.29. The van der Waals surface area contributed by atoms with Gasteiger partial charge in [-0.15, -0.1) is 0 Å². The zero-order chi connectivity index (χ0) is 15.6. The molecule has 1 unspecified atom stereocenters. The van der Waals surface area contributed by atoms with E-state index in [2.05, 4.69) is 61.4 Å². The second kappa shape index (κ2) is 4.51. The minimum absolute atomic E-state index is 0.298. The number of benzene rings is 2. The van der Waals surface area contributed by atoms with Gasteiger partial charge in [-0.05, 0) is 43.0 Å². The number of hydrogen-bond acceptors (Lipinski definition) is 2. The molecule has 0 fully saturated rings. The van der Waals surface area contributed by atoms with E-state index < -0.39 is 0 Å². The standard InChI is InChI=1S/C21H19NO/c1-13-11-18-20-15(9-10-22(18)12-14(13)2)7-8-17-16-5-3-4-6-19(16)23-21(17)20/h3-8,11-12,18H,9-10H2,1-2H3. The first-order valence-corrected chi connectivity index (χ1v) is 8.28. The Balaban J connectivity index is 1.83. The van der Waals surface area contributed by atoms with Crippen LogP contribution in [0, 0.1) is 0 Å². The number of para-hydroxylation sites is 1. The monoisotopic (exact) mass is 301 g/mol. The summed E-state index contributed by atoms with van der Waals surface area (Å²) in [5, 5.41) is 2.45. The highest BCUT2D eigenvalue weighted by Gasteiger charge is 2.30. The summed E-state index contributed by atoms with van der Waals surface area (Å²) in [7, 11) is 0. The summed E-state index contributed by atoms with van der Waals surface area (Å²) in [5.74, 6) is 0. The Labute approximate surface area is 135 Å². The molecule has 0 aliphatic carbocycles. The van der Waals surface area contributed by atoms with Crippen LogP contribution < -0.4 is 0 Å². The first kappa shape index (κ1) is 13.0. The van der Waals surface area contributed by atoms with Crippen molar-refractivity contribution >= 4 is 21.9 Å². The van der Waals surface area contributed by atoms with Gasteiger partial charge in [0.25, 0.3) is 0 Å². The van der Waals surface area contributed by atoms with Crippen molar-refractivity contribution in [1.82, 2.24) is 4.90 Å². The lowest BCUT2D eigenvalue weighted by molar-refractivity contribution is 0.300. The molecule has 23 heavy (non-hydrogen) atoms. The second-order valence-corrected chi connectivity index (χ2v) is 6.71. The first-order chi connectivity index (χ1) is 11.2. The van der Waals surface area contributed by atoms with Crippen LogP contribution in [0.3, 0.4) is 0 Å². The Hall–Kier alpha value is -2.48. The number of allylic oxidation sites excluding steroid dienone is 2. The van der Waals surface area contributed by atoms with Crippen LogP contribution in [-0.2, 0) is 6.42 Å². The van der Waals surface area contributed by atoms with E-state index in [4.69, 9.17) is 4.42 Å². The van der Waals surface area contributed by atoms with E-state index in [1.807, 2.05) is 6.07 Å². The molecule has 5 rings (SSSR count). The van der Waals surface area contributed by atoms with Crippen LogP contribution in [-0.4, -0.2) is 11.4 Å². The van der Waals surface area contributed by atoms with Gasteiger partial charge in [0, 0.05) is 29.1 Å². The van der Waals surface area contributed by atoms with Crippen molar-refractivity contribution in [3.05, 3.63) is 70.9 Å². The molecule has 0 bridgehead atoms. The number of fused-ring (bicyclic) bond motifs is 7. The van der Waals surface area contributed by atoms with Gasteiger partial charge in [0.2, 0.25) is 0 Å². The maximum atomic E-state index is 6.29. The lowest BCUT2D eigenvalue weighted by atomic mass is 9.87. The minimum Gasteiger partial charge on any atom is -0.456 e. The number of furan rings is 1. The van der Waals surface area contributed by atoms with Crippen LogP contribution in [0.25, 0.3) is 21.9 Å². The molecule has 0 saturated carbocycles. The highest BCUT2D eigenvalue weighted by Crippen LogP contribution is 2.42. The largest absolute Gasteiger partial charge is 0.456 e. The molecule has 3 heterocycles. The summed E-state index contributed by atoms with van der Waals surface area (Å²) in [6.45, 7) is 5.47. The van der Waals surface area contributed by atoms with E-state index in [1.165, 1.54) is 33.0 Å². The lowest BCUT2D eigenvalue weighted by Crippen LogP contribution is -2.32. The molecule has 0 spiro atoms. The smallest absolute Gasteiger partial charge is 0.141 e. The normalized spacial score (nSPS) is 20.3. The average molecular weight is 301 g/mol. The predicted octanol–water partition coefficient (Wildman–Crippen LogP) is 5.35. The van der Waals surface area contributed by atoms with E-state index in [0.717, 1.165) is 24.1 Å². The third-order valence-corrected chi connectivity index (χ3v) is 5.36. The Morgan fingerprint density at radius 1 is 1.00 bits per heavy atom. The summed E-state index contributed by atoms with van der Waals surface area (Å²) in [6, 6.07) is 13.2. The average Bonchev–Trinajstić information content (AvgIpc) is 2.94. The molecule has 2 aromatic carbocycles. The molecule has 0 radical (unpaired) electrons. The van der Waals surface area contributed by atoms with Crippen molar-refractivity contribution in [3.8, 4) is 0 Å². The molecular weight excluding hydrogens is 282 g/mol. The van der Waals surface area contributed by atoms with Crippen LogP contribution in [0.1, 0.15) is 31.0 Å². The molecule has 1 atom stereocenters. The van der Waals surface area contributed by atoms with Crippen LogP contribution in [0.5, 0.6) is 0 Å². The number of hydrogen-bond donors (Lipinski definition) is 0. The predicted molar refractivity (Wildman–Crippen MR) is 94.4 cm³/mol. The van der Waals surface area contributed by atoms with Crippen molar-refractivity contribution in [2.75, 3.05) is 6.54 Å². The molecule has 2 aliphatic heterocycles. The Kier molecular flexibility index (Phi) is 2.55. The van der Waals surface area contributed by atoms with Gasteiger partial charge in [-0.1, -0.05) is 36.4 Å². The minimum atomic E-state index is 0.298. The van der Waals surface area contributed by atoms with E-state index in [0.29, 0.717) is 6.04 Å². The maximum Gasteiger partial charge on any atom is 0.141 e. The molecule has 0 N–H and O–H groups in total. The van der Waals surface area contributed by atoms with Crippen molar-refractivity contribution in [2.24, 2.45) is 0 Å². The third-order valence-electron chi connectivity index (χ3n) is 5.36. The summed E-state index contributed by atoms with van der Waals surface area (Å²) >= 11 is 0. The van der Waals surface area contributed by atoms with E-state index >= 15 is 0 Å². The molecule has 3 aromatic rings. The SMILES string of the molecule is CC1=CC2c3c(ccc4c3oc3ccccc34)CCN2C=C1C. The lowest BCUT2D eigenvalue weighted by Gasteiger charge is -2.38. The summed E-state index contributed by atoms with van der Waals surface area (Å²) in [5.41, 5.74) is 7.56. The van der Waals surface area contributed by atoms with Crippen LogP contribution in [0.15, 0.2) is 64.2 Å². The fourth-order valence-corrected chi connectivity index (χ4v) is 3.99. The molecule has 114 valence electrons. The molecule has 0 amide bonds. The molecular formula is C21H19NO. The van der Waals surface area contributed by atoms with Crippen LogP contribution in [0.2, 0.25) is 0 Å². The quantitative estimate of drug-likeness (QED) is 0.556. The molecule has 2 nitrogen and oxygen atoms in total. The van der Waals surface area contributed by atoms with Crippen molar-refractivity contribution in [2.45, 2.75) is 26.3 Å². The van der Waals surface area contributed by atoms with Gasteiger partial charge in [0.15, 0.2) is 0 Å². The van der Waals surface area contributed by atoms with E-state index in [9.17, 15) is 0 Å². The third kappa shape index (κ3) is 1.75. The number of rotatable bonds is 0. The van der Waals surface area contributed by atoms with Gasteiger partial charge in [-0.25, -0.2) is 0 Å². The van der Waals surface area contributed by atoms with Gasteiger partial charge in [-0.2, -0.15) is 0 Å². The fourth-order valence-electron chi connectivity index (χ4n) is 3.99. The van der Waals surface area contributed by atoms with Crippen LogP contribution >= 0.6 is 0 Å². The summed E-state index contributed by atoms with van der Waals surface area (Å²) < 4.78 is 6.29. The van der Waals surface area contributed by atoms with Gasteiger partial charge in [0.05, 0.1) is 6.04 Å². The Morgan fingerprint density at radius 3 is 2.78 bits per heavy atom. The van der Waals surface area contributed by atoms with Crippen molar-refractivity contribution in [3.63, 3.8) is 0 Å². The van der Waals surface area contributed by atoms with Crippen LogP contribution in [0.4, 0.5) is 0 Å². The molecule has 2 heteroatoms. The summed E-state index contributed by atoms with van der Waals surface area (Å²) in [6.07, 6.45) is 5.78. The molecule has 1 aromatic heterocycles. The van der Waals surface area contributed by atoms with E-state index in [1.54, 1.807) is 0 Å². The summed E-state index contributed by atoms with van der Waals surface area (Å²) in [4.78, 5) is 2.46. The van der Waals surface area contributed by atoms with Gasteiger partial charge in [0.1, 0.15) is 11.2 Å². The highest BCUT2D eigenvalue weighted by atomic mass is 16.3. The van der Waals surface area contributed by atoms with Gasteiger partial charge >= 0.3 is 0 Å². The first-order valence-electron chi connectivity index (χ1n) is 8.28. The zero-order valence-corrected chi connectivity index (χ0v) is 13.5. The Bertz CT molecular complexity index is 1010. The second-order valence-electron chi connectivity index (χ2n) is 6.71. The van der Waals surface area contributed by atoms with Crippen molar-refractivity contribution < 1.29 is 4.42 Å². The molecule has 2 aliphatic rings. The fraction of sp³-hybridized carbons (Fsp3) is 0.238. The highest BCUT2D eigenvalue weighted by molar-refractivity contribution is 6.06. The topological polar surface area (TPSA) is 16.4 Å². The van der Waals surface area contributed by atoms with E-state index in [-0.39, 0.29) is 0 Å².